The average molecular weight is 234 g/mol. The van der Waals surface area contributed by atoms with Gasteiger partial charge in [0.05, 0.1) is 6.42 Å². The Kier molecular flexibility index (Phi) is 4.54. The van der Waals surface area contributed by atoms with Gasteiger partial charge in [-0.05, 0) is 12.8 Å². The lowest BCUT2D eigenvalue weighted by atomic mass is 10.2. The third-order valence-electron chi connectivity index (χ3n) is 2.09. The number of carboxylic acids is 1. The van der Waals surface area contributed by atoms with Crippen molar-refractivity contribution in [3.05, 3.63) is 0 Å². The van der Waals surface area contributed by atoms with E-state index in [2.05, 4.69) is 4.74 Å². The maximum atomic E-state index is 11.2. The van der Waals surface area contributed by atoms with Crippen LogP contribution in [-0.2, 0) is 19.1 Å². The average Bonchev–Trinajstić information content (AvgIpc) is 2.83. The molecule has 0 heterocycles. The normalized spacial score (nSPS) is 17.9. The zero-order chi connectivity index (χ0) is 11.6. The molecule has 0 bridgehead atoms. The Hall–Kier alpha value is -1.51. The molecule has 1 atom stereocenters. The first-order valence-electron chi connectivity index (χ1n) is 4.37. The summed E-state index contributed by atoms with van der Waals surface area (Å²) in [7, 11) is 0. The topological polar surface area (TPSA) is 164 Å². The van der Waals surface area contributed by atoms with Crippen molar-refractivity contribution in [1.29, 1.82) is 0 Å². The van der Waals surface area contributed by atoms with Crippen LogP contribution in [-0.4, -0.2) is 40.1 Å². The fourth-order valence-corrected chi connectivity index (χ4v) is 0.879. The van der Waals surface area contributed by atoms with Gasteiger partial charge in [0.25, 0.3) is 0 Å². The molecule has 16 heavy (non-hydrogen) atoms. The molecule has 0 aliphatic heterocycles. The molecule has 1 rings (SSSR count). The summed E-state index contributed by atoms with van der Waals surface area (Å²) in [5, 5.41) is 8.34. The molecule has 8 heteroatoms. The molecule has 0 aromatic carbocycles. The summed E-state index contributed by atoms with van der Waals surface area (Å²) in [5.74, 6) is -3.13. The predicted molar refractivity (Wildman–Crippen MR) is 51.1 cm³/mol. The smallest absolute Gasteiger partial charge is 0.333 e. The highest BCUT2D eigenvalue weighted by Crippen LogP contribution is 2.33. The molecule has 0 aromatic heterocycles. The van der Waals surface area contributed by atoms with Crippen LogP contribution in [0.3, 0.4) is 0 Å². The molecule has 1 fully saturated rings. The second kappa shape index (κ2) is 5.01. The lowest BCUT2D eigenvalue weighted by molar-refractivity contribution is -0.163. The molecular weight excluding hydrogens is 220 g/mol. The third-order valence-corrected chi connectivity index (χ3v) is 2.09. The number of rotatable bonds is 4. The maximum Gasteiger partial charge on any atom is 0.333 e. The first-order chi connectivity index (χ1) is 6.85. The van der Waals surface area contributed by atoms with Gasteiger partial charge < -0.3 is 26.8 Å². The molecule has 1 saturated carbocycles. The molecule has 7 N–H and O–H groups in total. The quantitative estimate of drug-likeness (QED) is 0.358. The number of ether oxygens (including phenoxy) is 1. The molecule has 0 unspecified atom stereocenters. The SMILES string of the molecule is N[C@@H](CC(=O)O)C(=O)OC(=O)C1(N)CC1.O. The molecule has 1 aliphatic rings. The van der Waals surface area contributed by atoms with Gasteiger partial charge in [-0.3, -0.25) is 4.79 Å². The van der Waals surface area contributed by atoms with Gasteiger partial charge in [0.15, 0.2) is 0 Å². The Morgan fingerprint density at radius 3 is 2.25 bits per heavy atom. The molecule has 8 nitrogen and oxygen atoms in total. The largest absolute Gasteiger partial charge is 0.481 e. The Labute approximate surface area is 90.8 Å². The lowest BCUT2D eigenvalue weighted by Gasteiger charge is -2.10. The van der Waals surface area contributed by atoms with Gasteiger partial charge in [-0.1, -0.05) is 0 Å². The highest BCUT2D eigenvalue weighted by molar-refractivity contribution is 5.95. The van der Waals surface area contributed by atoms with Crippen LogP contribution in [0.1, 0.15) is 19.3 Å². The van der Waals surface area contributed by atoms with Crippen LogP contribution < -0.4 is 11.5 Å². The maximum absolute atomic E-state index is 11.2. The summed E-state index contributed by atoms with van der Waals surface area (Å²) in [5.41, 5.74) is 9.57. The van der Waals surface area contributed by atoms with Crippen molar-refractivity contribution in [2.24, 2.45) is 11.5 Å². The van der Waals surface area contributed by atoms with Crippen molar-refractivity contribution >= 4 is 17.9 Å². The molecule has 0 spiro atoms. The summed E-state index contributed by atoms with van der Waals surface area (Å²) < 4.78 is 4.35. The van der Waals surface area contributed by atoms with Crippen molar-refractivity contribution in [1.82, 2.24) is 0 Å². The molecule has 1 aliphatic carbocycles. The van der Waals surface area contributed by atoms with E-state index < -0.39 is 35.9 Å². The first kappa shape index (κ1) is 14.5. The monoisotopic (exact) mass is 234 g/mol. The summed E-state index contributed by atoms with van der Waals surface area (Å²) in [6, 6.07) is -1.34. The van der Waals surface area contributed by atoms with Crippen LogP contribution >= 0.6 is 0 Å². The predicted octanol–water partition coefficient (Wildman–Crippen LogP) is -2.48. The molecule has 0 saturated heterocycles. The van der Waals surface area contributed by atoms with E-state index in [9.17, 15) is 14.4 Å². The molecule has 0 amide bonds. The molecular formula is C8H14N2O6. The van der Waals surface area contributed by atoms with E-state index >= 15 is 0 Å². The van der Waals surface area contributed by atoms with Gasteiger partial charge in [0.1, 0.15) is 11.6 Å². The lowest BCUT2D eigenvalue weighted by Crippen LogP contribution is -2.41. The van der Waals surface area contributed by atoms with Crippen molar-refractivity contribution in [3.8, 4) is 0 Å². The van der Waals surface area contributed by atoms with Gasteiger partial charge >= 0.3 is 17.9 Å². The summed E-state index contributed by atoms with van der Waals surface area (Å²) in [6.45, 7) is 0. The van der Waals surface area contributed by atoms with Crippen LogP contribution in [0.5, 0.6) is 0 Å². The standard InChI is InChI=1S/C8H12N2O5.H2O/c9-4(3-5(11)12)6(13)15-7(14)8(10)1-2-8;/h4H,1-3,9-10H2,(H,11,12);1H2/t4-;/m0./s1. The molecule has 92 valence electrons. The van der Waals surface area contributed by atoms with E-state index in [0.717, 1.165) is 0 Å². The van der Waals surface area contributed by atoms with Gasteiger partial charge in [-0.25, -0.2) is 9.59 Å². The fourth-order valence-electron chi connectivity index (χ4n) is 0.879. The minimum Gasteiger partial charge on any atom is -0.481 e. The second-order valence-electron chi connectivity index (χ2n) is 3.57. The Balaban J connectivity index is 0.00000225. The van der Waals surface area contributed by atoms with Gasteiger partial charge in [0, 0.05) is 0 Å². The van der Waals surface area contributed by atoms with E-state index in [1.165, 1.54) is 0 Å². The fraction of sp³-hybridized carbons (Fsp3) is 0.625. The molecule has 0 aromatic rings. The number of carboxylic acid groups (broad SMARTS) is 1. The Morgan fingerprint density at radius 1 is 1.38 bits per heavy atom. The van der Waals surface area contributed by atoms with E-state index in [4.69, 9.17) is 16.6 Å². The van der Waals surface area contributed by atoms with Crippen LogP contribution in [0.15, 0.2) is 0 Å². The summed E-state index contributed by atoms with van der Waals surface area (Å²) in [6.07, 6.45) is 0.351. The second-order valence-corrected chi connectivity index (χ2v) is 3.57. The van der Waals surface area contributed by atoms with Crippen LogP contribution in [0.4, 0.5) is 0 Å². The van der Waals surface area contributed by atoms with Crippen LogP contribution in [0, 0.1) is 0 Å². The highest BCUT2D eigenvalue weighted by Gasteiger charge is 2.48. The third kappa shape index (κ3) is 3.57. The Morgan fingerprint density at radius 2 is 1.88 bits per heavy atom. The van der Waals surface area contributed by atoms with E-state index in [-0.39, 0.29) is 5.48 Å². The zero-order valence-corrected chi connectivity index (χ0v) is 8.43. The van der Waals surface area contributed by atoms with Crippen molar-refractivity contribution in [2.75, 3.05) is 0 Å². The van der Waals surface area contributed by atoms with E-state index in [0.29, 0.717) is 12.8 Å². The van der Waals surface area contributed by atoms with Crippen molar-refractivity contribution < 1.29 is 29.7 Å². The number of aliphatic carboxylic acids is 1. The van der Waals surface area contributed by atoms with E-state index in [1.54, 1.807) is 0 Å². The number of carbonyl (C=O) groups is 3. The number of carbonyl (C=O) groups excluding carboxylic acids is 2. The molecule has 0 radical (unpaired) electrons. The van der Waals surface area contributed by atoms with Crippen LogP contribution in [0.25, 0.3) is 0 Å². The van der Waals surface area contributed by atoms with Crippen LogP contribution in [0.2, 0.25) is 0 Å². The number of hydrogen-bond acceptors (Lipinski definition) is 6. The van der Waals surface area contributed by atoms with E-state index in [1.807, 2.05) is 0 Å². The first-order valence-corrected chi connectivity index (χ1v) is 4.37. The van der Waals surface area contributed by atoms with Gasteiger partial charge in [0.2, 0.25) is 0 Å². The number of esters is 2. The highest BCUT2D eigenvalue weighted by atomic mass is 16.6. The van der Waals surface area contributed by atoms with Crippen molar-refractivity contribution in [2.45, 2.75) is 30.8 Å². The van der Waals surface area contributed by atoms with Gasteiger partial charge in [-0.15, -0.1) is 0 Å². The summed E-state index contributed by atoms with van der Waals surface area (Å²) in [4.78, 5) is 32.4. The zero-order valence-electron chi connectivity index (χ0n) is 8.43. The minimum absolute atomic E-state index is 0. The Bertz CT molecular complexity index is 312. The van der Waals surface area contributed by atoms with Gasteiger partial charge in [-0.2, -0.15) is 0 Å². The minimum atomic E-state index is -1.34. The number of nitrogens with two attached hydrogens (primary N) is 2. The summed E-state index contributed by atoms with van der Waals surface area (Å²) >= 11 is 0. The van der Waals surface area contributed by atoms with Crippen molar-refractivity contribution in [3.63, 3.8) is 0 Å². The number of hydrogen-bond donors (Lipinski definition) is 3.